The lowest BCUT2D eigenvalue weighted by molar-refractivity contribution is -0.389. The standard InChI is InChI=1S/C9H11N3O3/c13-8-3-7(4-8)11-6-1-2-9(10-5-6)12(14)15/h1-2,5,7-8,11,13H,3-4H2. The van der Waals surface area contributed by atoms with Gasteiger partial charge in [-0.2, -0.15) is 0 Å². The fourth-order valence-electron chi connectivity index (χ4n) is 1.52. The normalized spacial score (nSPS) is 24.3. The minimum Gasteiger partial charge on any atom is -0.393 e. The van der Waals surface area contributed by atoms with Crippen LogP contribution < -0.4 is 5.32 Å². The molecular weight excluding hydrogens is 198 g/mol. The summed E-state index contributed by atoms with van der Waals surface area (Å²) >= 11 is 0. The van der Waals surface area contributed by atoms with Gasteiger partial charge in [-0.3, -0.25) is 0 Å². The zero-order valence-corrected chi connectivity index (χ0v) is 7.96. The molecule has 1 saturated carbocycles. The molecule has 1 aromatic heterocycles. The van der Waals surface area contributed by atoms with Crippen molar-refractivity contribution < 1.29 is 10.0 Å². The second-order valence-corrected chi connectivity index (χ2v) is 3.63. The molecule has 6 nitrogen and oxygen atoms in total. The number of nitrogens with one attached hydrogen (secondary N) is 1. The predicted molar refractivity (Wildman–Crippen MR) is 53.5 cm³/mol. The summed E-state index contributed by atoms with van der Waals surface area (Å²) in [6.45, 7) is 0. The quantitative estimate of drug-likeness (QED) is 0.571. The fraction of sp³-hybridized carbons (Fsp3) is 0.444. The molecule has 0 bridgehead atoms. The van der Waals surface area contributed by atoms with E-state index in [9.17, 15) is 10.1 Å². The molecule has 2 N–H and O–H groups in total. The molecule has 0 saturated heterocycles. The monoisotopic (exact) mass is 209 g/mol. The van der Waals surface area contributed by atoms with Crippen LogP contribution in [0.5, 0.6) is 0 Å². The zero-order valence-electron chi connectivity index (χ0n) is 7.96. The summed E-state index contributed by atoms with van der Waals surface area (Å²) in [5.74, 6) is -0.158. The Kier molecular flexibility index (Phi) is 2.51. The van der Waals surface area contributed by atoms with Crippen LogP contribution in [0.1, 0.15) is 12.8 Å². The third-order valence-corrected chi connectivity index (χ3v) is 2.42. The van der Waals surface area contributed by atoms with Gasteiger partial charge in [-0.1, -0.05) is 0 Å². The van der Waals surface area contributed by atoms with Crippen molar-refractivity contribution in [3.05, 3.63) is 28.4 Å². The smallest absolute Gasteiger partial charge is 0.363 e. The summed E-state index contributed by atoms with van der Waals surface area (Å²) in [6.07, 6.45) is 2.66. The molecule has 2 rings (SSSR count). The lowest BCUT2D eigenvalue weighted by atomic mass is 9.89. The molecule has 6 heteroatoms. The van der Waals surface area contributed by atoms with Gasteiger partial charge in [-0.05, 0) is 28.8 Å². The number of hydrogen-bond donors (Lipinski definition) is 2. The van der Waals surface area contributed by atoms with E-state index in [-0.39, 0.29) is 18.0 Å². The van der Waals surface area contributed by atoms with Crippen molar-refractivity contribution in [3.8, 4) is 0 Å². The van der Waals surface area contributed by atoms with Crippen molar-refractivity contribution in [3.63, 3.8) is 0 Å². The highest BCUT2D eigenvalue weighted by molar-refractivity contribution is 5.44. The van der Waals surface area contributed by atoms with Gasteiger partial charge in [0.2, 0.25) is 0 Å². The number of aliphatic hydroxyl groups is 1. The van der Waals surface area contributed by atoms with Gasteiger partial charge in [-0.25, -0.2) is 0 Å². The Hall–Kier alpha value is -1.69. The van der Waals surface area contributed by atoms with Gasteiger partial charge >= 0.3 is 5.82 Å². The summed E-state index contributed by atoms with van der Waals surface area (Å²) in [4.78, 5) is 13.5. The maximum atomic E-state index is 10.3. The Balaban J connectivity index is 1.95. The predicted octanol–water partition coefficient (Wildman–Crippen LogP) is 0.925. The Labute approximate surface area is 86.1 Å². The van der Waals surface area contributed by atoms with Crippen LogP contribution in [0.15, 0.2) is 18.3 Å². The first-order chi connectivity index (χ1) is 7.15. The van der Waals surface area contributed by atoms with Crippen molar-refractivity contribution in [2.75, 3.05) is 5.32 Å². The lowest BCUT2D eigenvalue weighted by Gasteiger charge is -2.32. The van der Waals surface area contributed by atoms with Gasteiger partial charge in [0.25, 0.3) is 0 Å². The van der Waals surface area contributed by atoms with Crippen LogP contribution in [0.4, 0.5) is 11.5 Å². The molecule has 0 amide bonds. The summed E-state index contributed by atoms with van der Waals surface area (Å²) < 4.78 is 0. The first-order valence-electron chi connectivity index (χ1n) is 4.70. The van der Waals surface area contributed by atoms with Gasteiger partial charge < -0.3 is 20.5 Å². The SMILES string of the molecule is O=[N+]([O-])c1ccc(NC2CC(O)C2)cn1. The van der Waals surface area contributed by atoms with E-state index < -0.39 is 4.92 Å². The summed E-state index contributed by atoms with van der Waals surface area (Å²) in [5, 5.41) is 22.5. The second kappa shape index (κ2) is 3.82. The molecule has 0 unspecified atom stereocenters. The molecule has 0 atom stereocenters. The third kappa shape index (κ3) is 2.21. The third-order valence-electron chi connectivity index (χ3n) is 2.42. The number of aliphatic hydroxyl groups excluding tert-OH is 1. The Morgan fingerprint density at radius 1 is 1.53 bits per heavy atom. The molecule has 0 spiro atoms. The molecule has 1 aliphatic carbocycles. The first-order valence-corrected chi connectivity index (χ1v) is 4.70. The lowest BCUT2D eigenvalue weighted by Crippen LogP contribution is -2.38. The highest BCUT2D eigenvalue weighted by Gasteiger charge is 2.27. The number of anilines is 1. The Morgan fingerprint density at radius 2 is 2.27 bits per heavy atom. The molecule has 0 radical (unpaired) electrons. The van der Waals surface area contributed by atoms with Crippen LogP contribution in [0.3, 0.4) is 0 Å². The number of aromatic nitrogens is 1. The summed E-state index contributed by atoms with van der Waals surface area (Å²) in [5.41, 5.74) is 0.748. The average molecular weight is 209 g/mol. The molecule has 1 fully saturated rings. The van der Waals surface area contributed by atoms with Gasteiger partial charge in [-0.15, -0.1) is 0 Å². The van der Waals surface area contributed by atoms with E-state index in [0.717, 1.165) is 18.5 Å². The van der Waals surface area contributed by atoms with E-state index in [1.54, 1.807) is 6.07 Å². The molecule has 1 aromatic rings. The minimum atomic E-state index is -0.531. The van der Waals surface area contributed by atoms with Gasteiger partial charge in [0.15, 0.2) is 6.20 Å². The highest BCUT2D eigenvalue weighted by Crippen LogP contribution is 2.24. The molecule has 15 heavy (non-hydrogen) atoms. The summed E-state index contributed by atoms with van der Waals surface area (Å²) in [6, 6.07) is 3.23. The number of nitrogens with zero attached hydrogens (tertiary/aromatic N) is 2. The van der Waals surface area contributed by atoms with Crippen LogP contribution in [0, 0.1) is 10.1 Å². The second-order valence-electron chi connectivity index (χ2n) is 3.63. The van der Waals surface area contributed by atoms with Crippen molar-refractivity contribution in [1.82, 2.24) is 4.98 Å². The Morgan fingerprint density at radius 3 is 2.73 bits per heavy atom. The van der Waals surface area contributed by atoms with Gasteiger partial charge in [0.1, 0.15) is 0 Å². The molecule has 1 aliphatic rings. The van der Waals surface area contributed by atoms with E-state index in [2.05, 4.69) is 10.3 Å². The van der Waals surface area contributed by atoms with E-state index >= 15 is 0 Å². The van der Waals surface area contributed by atoms with E-state index in [1.807, 2.05) is 0 Å². The van der Waals surface area contributed by atoms with Crippen LogP contribution in [-0.2, 0) is 0 Å². The van der Waals surface area contributed by atoms with Crippen LogP contribution in [0.2, 0.25) is 0 Å². The van der Waals surface area contributed by atoms with Gasteiger partial charge in [0, 0.05) is 12.1 Å². The van der Waals surface area contributed by atoms with Crippen LogP contribution in [0.25, 0.3) is 0 Å². The number of rotatable bonds is 3. The van der Waals surface area contributed by atoms with Crippen molar-refractivity contribution in [2.24, 2.45) is 0 Å². The topological polar surface area (TPSA) is 88.3 Å². The number of pyridine rings is 1. The van der Waals surface area contributed by atoms with Gasteiger partial charge in [0.05, 0.1) is 11.8 Å². The molecule has 1 heterocycles. The molecule has 0 aromatic carbocycles. The van der Waals surface area contributed by atoms with Crippen molar-refractivity contribution in [1.29, 1.82) is 0 Å². The van der Waals surface area contributed by atoms with Crippen LogP contribution >= 0.6 is 0 Å². The van der Waals surface area contributed by atoms with E-state index in [0.29, 0.717) is 0 Å². The van der Waals surface area contributed by atoms with Crippen molar-refractivity contribution in [2.45, 2.75) is 25.0 Å². The van der Waals surface area contributed by atoms with Crippen LogP contribution in [-0.4, -0.2) is 27.2 Å². The summed E-state index contributed by atoms with van der Waals surface area (Å²) in [7, 11) is 0. The minimum absolute atomic E-state index is 0.158. The average Bonchev–Trinajstić information content (AvgIpc) is 2.16. The Bertz CT molecular complexity index is 359. The first kappa shape index (κ1) is 9.85. The van der Waals surface area contributed by atoms with E-state index in [1.165, 1.54) is 12.3 Å². The maximum Gasteiger partial charge on any atom is 0.363 e. The molecule has 0 aliphatic heterocycles. The molecule has 80 valence electrons. The number of nitro groups is 1. The fourth-order valence-corrected chi connectivity index (χ4v) is 1.52. The highest BCUT2D eigenvalue weighted by atomic mass is 16.6. The largest absolute Gasteiger partial charge is 0.393 e. The maximum absolute atomic E-state index is 10.3. The zero-order chi connectivity index (χ0) is 10.8. The number of hydrogen-bond acceptors (Lipinski definition) is 5. The molecular formula is C9H11N3O3. The van der Waals surface area contributed by atoms with Crippen molar-refractivity contribution >= 4 is 11.5 Å². The van der Waals surface area contributed by atoms with E-state index in [4.69, 9.17) is 5.11 Å².